The third kappa shape index (κ3) is 4.23. The largest absolute Gasteiger partial charge is 0.373 e. The molecule has 25 heavy (non-hydrogen) atoms. The van der Waals surface area contributed by atoms with Crippen LogP contribution in [0.2, 0.25) is 0 Å². The van der Waals surface area contributed by atoms with E-state index in [4.69, 9.17) is 4.74 Å². The molecule has 0 unspecified atom stereocenters. The van der Waals surface area contributed by atoms with Crippen LogP contribution < -0.4 is 5.32 Å². The quantitative estimate of drug-likeness (QED) is 0.870. The van der Waals surface area contributed by atoms with Gasteiger partial charge >= 0.3 is 0 Å². The summed E-state index contributed by atoms with van der Waals surface area (Å²) in [6, 6.07) is 0. The lowest BCUT2D eigenvalue weighted by atomic mass is 9.86. The number of ether oxygens (including phenoxy) is 1. The fraction of sp³-hybridized carbons (Fsp3) is 0.789. The minimum Gasteiger partial charge on any atom is -0.373 e. The van der Waals surface area contributed by atoms with Gasteiger partial charge in [0.1, 0.15) is 0 Å². The molecule has 2 heterocycles. The minimum atomic E-state index is 0.145. The van der Waals surface area contributed by atoms with E-state index in [-0.39, 0.29) is 18.1 Å². The first-order valence-electron chi connectivity index (χ1n) is 9.67. The molecule has 2 aliphatic carbocycles. The highest BCUT2D eigenvalue weighted by Gasteiger charge is 2.40. The monoisotopic (exact) mass is 363 g/mol. The number of aromatic nitrogens is 1. The van der Waals surface area contributed by atoms with E-state index in [2.05, 4.69) is 34.4 Å². The molecular weight excluding hydrogens is 334 g/mol. The lowest BCUT2D eigenvalue weighted by Gasteiger charge is -2.34. The second-order valence-corrected chi connectivity index (χ2v) is 9.14. The molecule has 1 aromatic rings. The number of fused-ring (bicyclic) bond motifs is 2. The summed E-state index contributed by atoms with van der Waals surface area (Å²) in [4.78, 5) is 19.4. The van der Waals surface area contributed by atoms with Gasteiger partial charge in [-0.15, -0.1) is 11.3 Å². The van der Waals surface area contributed by atoms with E-state index in [1.165, 1.54) is 25.7 Å². The number of amides is 1. The predicted molar refractivity (Wildman–Crippen MR) is 99.6 cm³/mol. The van der Waals surface area contributed by atoms with Gasteiger partial charge < -0.3 is 10.1 Å². The Morgan fingerprint density at radius 1 is 1.32 bits per heavy atom. The maximum Gasteiger partial charge on any atom is 0.226 e. The lowest BCUT2D eigenvalue weighted by molar-refractivity contribution is -0.117. The normalized spacial score (nSPS) is 35.2. The van der Waals surface area contributed by atoms with Crippen LogP contribution >= 0.6 is 11.3 Å². The average Bonchev–Trinajstić information content (AvgIpc) is 3.23. The highest BCUT2D eigenvalue weighted by Crippen LogP contribution is 2.49. The summed E-state index contributed by atoms with van der Waals surface area (Å²) in [7, 11) is 0. The van der Waals surface area contributed by atoms with E-state index >= 15 is 0 Å². The zero-order valence-corrected chi connectivity index (χ0v) is 16.1. The molecule has 1 aliphatic heterocycles. The average molecular weight is 364 g/mol. The van der Waals surface area contributed by atoms with Crippen LogP contribution in [0.4, 0.5) is 5.13 Å². The second-order valence-electron chi connectivity index (χ2n) is 8.28. The molecule has 1 amide bonds. The van der Waals surface area contributed by atoms with Crippen molar-refractivity contribution in [2.45, 2.75) is 64.7 Å². The molecule has 5 atom stereocenters. The molecule has 0 radical (unpaired) electrons. The summed E-state index contributed by atoms with van der Waals surface area (Å²) >= 11 is 1.54. The highest BCUT2D eigenvalue weighted by molar-refractivity contribution is 7.13. The van der Waals surface area contributed by atoms with Gasteiger partial charge in [0, 0.05) is 31.4 Å². The summed E-state index contributed by atoms with van der Waals surface area (Å²) in [5.41, 5.74) is 1.04. The Kier molecular flexibility index (Phi) is 5.11. The van der Waals surface area contributed by atoms with Crippen LogP contribution in [-0.4, -0.2) is 41.1 Å². The van der Waals surface area contributed by atoms with Crippen LogP contribution in [0.1, 0.15) is 51.6 Å². The lowest BCUT2D eigenvalue weighted by Crippen LogP contribution is -2.44. The summed E-state index contributed by atoms with van der Waals surface area (Å²) in [5, 5.41) is 5.84. The van der Waals surface area contributed by atoms with E-state index in [0.717, 1.165) is 42.3 Å². The number of nitrogens with one attached hydrogen (secondary N) is 1. The van der Waals surface area contributed by atoms with Crippen molar-refractivity contribution in [1.82, 2.24) is 9.88 Å². The van der Waals surface area contributed by atoms with Gasteiger partial charge in [0.15, 0.2) is 5.13 Å². The van der Waals surface area contributed by atoms with Crippen LogP contribution in [0, 0.1) is 17.8 Å². The van der Waals surface area contributed by atoms with Crippen LogP contribution in [0.25, 0.3) is 0 Å². The smallest absolute Gasteiger partial charge is 0.226 e. The summed E-state index contributed by atoms with van der Waals surface area (Å²) in [6.45, 7) is 6.94. The molecular formula is C19H29N3O2S. The van der Waals surface area contributed by atoms with Crippen molar-refractivity contribution in [2.75, 3.05) is 18.4 Å². The molecule has 0 spiro atoms. The van der Waals surface area contributed by atoms with Gasteiger partial charge in [-0.2, -0.15) is 0 Å². The number of thiazole rings is 1. The number of anilines is 1. The molecule has 0 aromatic carbocycles. The fourth-order valence-corrected chi connectivity index (χ4v) is 5.83. The third-order valence-corrected chi connectivity index (χ3v) is 6.82. The van der Waals surface area contributed by atoms with Crippen molar-refractivity contribution in [2.24, 2.45) is 17.8 Å². The molecule has 138 valence electrons. The molecule has 4 rings (SSSR count). The molecule has 6 heteroatoms. The fourth-order valence-electron chi connectivity index (χ4n) is 5.11. The first-order chi connectivity index (χ1) is 12.0. The first kappa shape index (κ1) is 17.4. The second kappa shape index (κ2) is 7.33. The van der Waals surface area contributed by atoms with Crippen molar-refractivity contribution in [1.29, 1.82) is 0 Å². The number of carbonyl (C=O) groups excluding carboxylic acids is 1. The van der Waals surface area contributed by atoms with Crippen molar-refractivity contribution in [3.63, 3.8) is 0 Å². The number of morpholine rings is 1. The van der Waals surface area contributed by atoms with Crippen LogP contribution in [0.5, 0.6) is 0 Å². The maximum absolute atomic E-state index is 12.4. The molecule has 1 N–H and O–H groups in total. The molecule has 2 bridgehead atoms. The Morgan fingerprint density at radius 2 is 2.12 bits per heavy atom. The van der Waals surface area contributed by atoms with Gasteiger partial charge in [-0.3, -0.25) is 9.69 Å². The van der Waals surface area contributed by atoms with Gasteiger partial charge in [0.25, 0.3) is 0 Å². The van der Waals surface area contributed by atoms with Crippen LogP contribution in [-0.2, 0) is 16.1 Å². The molecule has 3 aliphatic rings. The van der Waals surface area contributed by atoms with E-state index in [0.29, 0.717) is 12.3 Å². The van der Waals surface area contributed by atoms with Gasteiger partial charge in [-0.05, 0) is 50.9 Å². The van der Waals surface area contributed by atoms with Crippen LogP contribution in [0.3, 0.4) is 0 Å². The molecule has 1 aromatic heterocycles. The summed E-state index contributed by atoms with van der Waals surface area (Å²) in [5.74, 6) is 2.45. The van der Waals surface area contributed by atoms with Gasteiger partial charge in [0.05, 0.1) is 17.9 Å². The van der Waals surface area contributed by atoms with Gasteiger partial charge in [0.2, 0.25) is 5.91 Å². The Labute approximate surface area is 154 Å². The van der Waals surface area contributed by atoms with E-state index < -0.39 is 0 Å². The Bertz CT molecular complexity index is 610. The molecule has 5 nitrogen and oxygen atoms in total. The number of hydrogen-bond donors (Lipinski definition) is 1. The standard InChI is InChI=1S/C19H29N3O2S/c1-12-8-22(9-13(2)24-12)10-17-11-25-19(20-17)21-18(23)7-16-6-14-3-4-15(16)5-14/h11-16H,3-10H2,1-2H3,(H,20,21,23)/t12-,13-,14+,15+,16-/m1/s1. The van der Waals surface area contributed by atoms with E-state index in [1.807, 2.05) is 0 Å². The van der Waals surface area contributed by atoms with Gasteiger partial charge in [-0.1, -0.05) is 6.42 Å². The summed E-state index contributed by atoms with van der Waals surface area (Å²) in [6.07, 6.45) is 6.54. The van der Waals surface area contributed by atoms with E-state index in [9.17, 15) is 4.79 Å². The Balaban J connectivity index is 1.27. The number of carbonyl (C=O) groups is 1. The molecule has 3 fully saturated rings. The van der Waals surface area contributed by atoms with Gasteiger partial charge in [-0.25, -0.2) is 4.98 Å². The zero-order chi connectivity index (χ0) is 17.4. The molecule has 1 saturated heterocycles. The first-order valence-corrected chi connectivity index (χ1v) is 10.5. The highest BCUT2D eigenvalue weighted by atomic mass is 32.1. The van der Waals surface area contributed by atoms with Crippen LogP contribution in [0.15, 0.2) is 5.38 Å². The molecule has 2 saturated carbocycles. The van der Waals surface area contributed by atoms with Crippen molar-refractivity contribution in [3.05, 3.63) is 11.1 Å². The Hall–Kier alpha value is -0.980. The number of hydrogen-bond acceptors (Lipinski definition) is 5. The van der Waals surface area contributed by atoms with Crippen molar-refractivity contribution >= 4 is 22.4 Å². The van der Waals surface area contributed by atoms with E-state index in [1.54, 1.807) is 11.3 Å². The topological polar surface area (TPSA) is 54.5 Å². The Morgan fingerprint density at radius 3 is 2.80 bits per heavy atom. The maximum atomic E-state index is 12.4. The SMILES string of the molecule is C[C@@H]1CN(Cc2csc(NC(=O)C[C@H]3C[C@H]4CC[C@H]3C4)n2)C[C@@H](C)O1. The van der Waals surface area contributed by atoms with Crippen molar-refractivity contribution < 1.29 is 9.53 Å². The third-order valence-electron chi connectivity index (χ3n) is 6.01. The summed E-state index contributed by atoms with van der Waals surface area (Å²) < 4.78 is 5.78. The minimum absolute atomic E-state index is 0.145. The number of nitrogens with zero attached hydrogens (tertiary/aromatic N) is 2. The zero-order valence-electron chi connectivity index (χ0n) is 15.2. The van der Waals surface area contributed by atoms with Crippen molar-refractivity contribution in [3.8, 4) is 0 Å². The number of rotatable bonds is 5. The predicted octanol–water partition coefficient (Wildman–Crippen LogP) is 3.52.